The third-order valence-electron chi connectivity index (χ3n) is 5.20. The van der Waals surface area contributed by atoms with Gasteiger partial charge in [-0.1, -0.05) is 19.1 Å². The smallest absolute Gasteiger partial charge is 0.295 e. The lowest BCUT2D eigenvalue weighted by atomic mass is 9.95. The number of Topliss-reactive ketones (excluding diaryl/α,β-unsaturated/α-hetero) is 1. The molecule has 0 saturated carbocycles. The lowest BCUT2D eigenvalue weighted by Crippen LogP contribution is -2.30. The Morgan fingerprint density at radius 2 is 1.81 bits per heavy atom. The number of amides is 1. The summed E-state index contributed by atoms with van der Waals surface area (Å²) >= 11 is 0. The second-order valence-electron chi connectivity index (χ2n) is 7.21. The number of rotatable bonds is 9. The zero-order valence-electron chi connectivity index (χ0n) is 18.3. The van der Waals surface area contributed by atoms with E-state index in [2.05, 4.69) is 0 Å². The fraction of sp³-hybridized carbons (Fsp3) is 0.333. The highest BCUT2D eigenvalue weighted by Gasteiger charge is 2.45. The molecule has 1 fully saturated rings. The van der Waals surface area contributed by atoms with E-state index in [0.29, 0.717) is 41.3 Å². The molecular weight excluding hydrogens is 414 g/mol. The topological polar surface area (TPSA) is 106 Å². The fourth-order valence-corrected chi connectivity index (χ4v) is 3.78. The van der Waals surface area contributed by atoms with E-state index in [4.69, 9.17) is 19.3 Å². The van der Waals surface area contributed by atoms with Crippen LogP contribution in [-0.2, 0) is 9.59 Å². The number of nitrogens with zero attached hydrogens (tertiary/aromatic N) is 1. The summed E-state index contributed by atoms with van der Waals surface area (Å²) in [5.74, 6) is -0.367. The Labute approximate surface area is 186 Å². The van der Waals surface area contributed by atoms with Gasteiger partial charge in [0, 0.05) is 12.1 Å². The minimum absolute atomic E-state index is 0.00465. The van der Waals surface area contributed by atoms with Crippen molar-refractivity contribution in [3.8, 4) is 17.2 Å². The third kappa shape index (κ3) is 4.40. The van der Waals surface area contributed by atoms with E-state index < -0.39 is 17.7 Å². The molecule has 1 aliphatic heterocycles. The van der Waals surface area contributed by atoms with Gasteiger partial charge in [-0.3, -0.25) is 9.59 Å². The summed E-state index contributed by atoms with van der Waals surface area (Å²) in [6, 6.07) is 10.9. The number of benzene rings is 2. The maximum absolute atomic E-state index is 13.0. The number of ketones is 1. The molecule has 0 radical (unpaired) electrons. The highest BCUT2D eigenvalue weighted by molar-refractivity contribution is 6.46. The highest BCUT2D eigenvalue weighted by atomic mass is 16.5. The molecule has 0 aliphatic carbocycles. The van der Waals surface area contributed by atoms with Gasteiger partial charge in [0.2, 0.25) is 0 Å². The lowest BCUT2D eigenvalue weighted by Gasteiger charge is -2.25. The molecule has 0 aromatic heterocycles. The first-order valence-electron chi connectivity index (χ1n) is 10.3. The van der Waals surface area contributed by atoms with Crippen LogP contribution in [-0.4, -0.2) is 60.8 Å². The van der Waals surface area contributed by atoms with Crippen LogP contribution in [0.2, 0.25) is 0 Å². The predicted octanol–water partition coefficient (Wildman–Crippen LogP) is 2.91. The number of carbonyl (C=O) groups excluding carboxylic acids is 2. The normalized spacial score (nSPS) is 17.5. The van der Waals surface area contributed by atoms with Gasteiger partial charge < -0.3 is 29.3 Å². The minimum Gasteiger partial charge on any atom is -0.507 e. The van der Waals surface area contributed by atoms with E-state index in [1.54, 1.807) is 42.5 Å². The molecule has 1 aliphatic rings. The third-order valence-corrected chi connectivity index (χ3v) is 5.20. The zero-order chi connectivity index (χ0) is 23.3. The van der Waals surface area contributed by atoms with Crippen LogP contribution < -0.4 is 14.2 Å². The number of carbonyl (C=O) groups is 2. The number of hydrogen-bond acceptors (Lipinski definition) is 7. The second-order valence-corrected chi connectivity index (χ2v) is 7.21. The Morgan fingerprint density at radius 3 is 2.47 bits per heavy atom. The van der Waals surface area contributed by atoms with Crippen LogP contribution >= 0.6 is 0 Å². The van der Waals surface area contributed by atoms with Crippen molar-refractivity contribution < 1.29 is 34.0 Å². The summed E-state index contributed by atoms with van der Waals surface area (Å²) < 4.78 is 16.0. The predicted molar refractivity (Wildman–Crippen MR) is 118 cm³/mol. The Balaban J connectivity index is 2.15. The van der Waals surface area contributed by atoms with Crippen molar-refractivity contribution in [2.45, 2.75) is 19.4 Å². The Bertz CT molecular complexity index is 1030. The van der Waals surface area contributed by atoms with Crippen LogP contribution in [0.1, 0.15) is 30.5 Å². The zero-order valence-corrected chi connectivity index (χ0v) is 18.3. The molecule has 2 N–H and O–H groups in total. The maximum atomic E-state index is 13.0. The van der Waals surface area contributed by atoms with Crippen LogP contribution in [0.15, 0.2) is 48.0 Å². The Morgan fingerprint density at radius 1 is 1.06 bits per heavy atom. The first kappa shape index (κ1) is 23.1. The maximum Gasteiger partial charge on any atom is 0.295 e. The van der Waals surface area contributed by atoms with Crippen LogP contribution in [0.3, 0.4) is 0 Å². The first-order valence-corrected chi connectivity index (χ1v) is 10.3. The largest absolute Gasteiger partial charge is 0.507 e. The molecule has 0 spiro atoms. The van der Waals surface area contributed by atoms with E-state index in [0.717, 1.165) is 0 Å². The average Bonchev–Trinajstić information content (AvgIpc) is 3.07. The van der Waals surface area contributed by atoms with E-state index >= 15 is 0 Å². The van der Waals surface area contributed by atoms with Crippen molar-refractivity contribution in [1.82, 2.24) is 4.90 Å². The molecule has 0 bridgehead atoms. The fourth-order valence-electron chi connectivity index (χ4n) is 3.78. The molecule has 2 aromatic carbocycles. The molecule has 8 nitrogen and oxygen atoms in total. The Hall–Kier alpha value is -3.52. The molecule has 3 rings (SSSR count). The second kappa shape index (κ2) is 10.2. The summed E-state index contributed by atoms with van der Waals surface area (Å²) in [5.41, 5.74) is 0.944. The van der Waals surface area contributed by atoms with Crippen LogP contribution in [0.25, 0.3) is 5.76 Å². The molecule has 2 aromatic rings. The van der Waals surface area contributed by atoms with Crippen molar-refractivity contribution >= 4 is 17.4 Å². The molecule has 1 atom stereocenters. The summed E-state index contributed by atoms with van der Waals surface area (Å²) in [4.78, 5) is 27.3. The molecule has 32 heavy (non-hydrogen) atoms. The van der Waals surface area contributed by atoms with Gasteiger partial charge in [-0.05, 0) is 42.3 Å². The number of methoxy groups -OCH3 is 2. The number of likely N-dealkylation sites (tertiary alicyclic amines) is 1. The highest BCUT2D eigenvalue weighted by Crippen LogP contribution is 2.41. The standard InChI is InChI=1S/C24H27NO7/c1-4-10-25-21(15-6-5-7-17(13-15)32-12-11-26)20(23(28)24(25)29)22(27)16-8-9-18(30-2)19(14-16)31-3/h5-9,13-14,21,26-27H,4,10-12H2,1-3H3/b22-20+. The van der Waals surface area contributed by atoms with Crippen molar-refractivity contribution in [2.75, 3.05) is 34.0 Å². The number of hydrogen-bond donors (Lipinski definition) is 2. The van der Waals surface area contributed by atoms with E-state index in [-0.39, 0.29) is 24.5 Å². The molecule has 8 heteroatoms. The summed E-state index contributed by atoms with van der Waals surface area (Å²) in [7, 11) is 2.97. The molecular formula is C24H27NO7. The number of aliphatic hydroxyl groups excluding tert-OH is 2. The molecule has 1 heterocycles. The summed E-state index contributed by atoms with van der Waals surface area (Å²) in [5, 5.41) is 20.2. The van der Waals surface area contributed by atoms with Crippen LogP contribution in [0.4, 0.5) is 0 Å². The van der Waals surface area contributed by atoms with Crippen molar-refractivity contribution in [3.05, 3.63) is 59.2 Å². The minimum atomic E-state index is -0.777. The first-order chi connectivity index (χ1) is 15.5. The van der Waals surface area contributed by atoms with E-state index in [9.17, 15) is 14.7 Å². The van der Waals surface area contributed by atoms with Gasteiger partial charge in [-0.2, -0.15) is 0 Å². The van der Waals surface area contributed by atoms with Crippen molar-refractivity contribution in [2.24, 2.45) is 0 Å². The lowest BCUT2D eigenvalue weighted by molar-refractivity contribution is -0.139. The molecule has 170 valence electrons. The van der Waals surface area contributed by atoms with Crippen LogP contribution in [0, 0.1) is 0 Å². The molecule has 1 saturated heterocycles. The molecule has 1 unspecified atom stereocenters. The van der Waals surface area contributed by atoms with Gasteiger partial charge in [0.25, 0.3) is 11.7 Å². The summed E-state index contributed by atoms with van der Waals surface area (Å²) in [6.45, 7) is 2.23. The van der Waals surface area contributed by atoms with Gasteiger partial charge in [0.05, 0.1) is 32.4 Å². The van der Waals surface area contributed by atoms with Crippen molar-refractivity contribution in [3.63, 3.8) is 0 Å². The van der Waals surface area contributed by atoms with Gasteiger partial charge in [0.15, 0.2) is 11.5 Å². The van der Waals surface area contributed by atoms with Gasteiger partial charge in [0.1, 0.15) is 18.1 Å². The number of ether oxygens (including phenoxy) is 3. The van der Waals surface area contributed by atoms with Gasteiger partial charge in [-0.15, -0.1) is 0 Å². The number of aliphatic hydroxyl groups is 2. The Kier molecular flexibility index (Phi) is 7.37. The molecule has 1 amide bonds. The van der Waals surface area contributed by atoms with Crippen LogP contribution in [0.5, 0.6) is 17.2 Å². The van der Waals surface area contributed by atoms with E-state index in [1.807, 2.05) is 6.92 Å². The summed E-state index contributed by atoms with van der Waals surface area (Å²) in [6.07, 6.45) is 0.640. The average molecular weight is 441 g/mol. The SMILES string of the molecule is CCCN1C(=O)C(=O)/C(=C(/O)c2ccc(OC)c(OC)c2)C1c1cccc(OCCO)c1. The monoisotopic (exact) mass is 441 g/mol. The van der Waals surface area contributed by atoms with Gasteiger partial charge >= 0.3 is 0 Å². The quantitative estimate of drug-likeness (QED) is 0.350. The van der Waals surface area contributed by atoms with Gasteiger partial charge in [-0.25, -0.2) is 0 Å². The van der Waals surface area contributed by atoms with Crippen molar-refractivity contribution in [1.29, 1.82) is 0 Å². The van der Waals surface area contributed by atoms with E-state index in [1.165, 1.54) is 19.1 Å².